The number of halogens is 1. The maximum absolute atomic E-state index is 13.6. The highest BCUT2D eigenvalue weighted by atomic mass is 32.1. The number of aryl methyl sites for hydroxylation is 1. The molecule has 4 nitrogen and oxygen atoms in total. The van der Waals surface area contributed by atoms with E-state index in [4.69, 9.17) is 5.73 Å². The molecule has 0 fully saturated rings. The van der Waals surface area contributed by atoms with Crippen LogP contribution in [0.1, 0.15) is 5.56 Å². The minimum atomic E-state index is -0.238. The Labute approximate surface area is 141 Å². The lowest BCUT2D eigenvalue weighted by atomic mass is 10.1. The van der Waals surface area contributed by atoms with E-state index in [-0.39, 0.29) is 5.82 Å². The highest BCUT2D eigenvalue weighted by Gasteiger charge is 2.16. The smallest absolute Gasteiger partial charge is 0.181 e. The molecule has 3 heterocycles. The molecular formula is C18H13FN4S. The number of nitrogen functional groups attached to an aromatic ring is 1. The van der Waals surface area contributed by atoms with Gasteiger partial charge in [-0.25, -0.2) is 14.4 Å². The Balaban J connectivity index is 1.90. The van der Waals surface area contributed by atoms with E-state index in [1.165, 1.54) is 17.4 Å². The van der Waals surface area contributed by atoms with E-state index in [0.29, 0.717) is 10.7 Å². The second kappa shape index (κ2) is 5.65. The van der Waals surface area contributed by atoms with E-state index in [2.05, 4.69) is 15.0 Å². The summed E-state index contributed by atoms with van der Waals surface area (Å²) in [6.07, 6.45) is 1.74. The topological polar surface area (TPSA) is 64.7 Å². The highest BCUT2D eigenvalue weighted by molar-refractivity contribution is 7.19. The monoisotopic (exact) mass is 336 g/mol. The van der Waals surface area contributed by atoms with Crippen LogP contribution in [0.5, 0.6) is 0 Å². The number of nitrogens with two attached hydrogens (primary N) is 1. The van der Waals surface area contributed by atoms with Crippen molar-refractivity contribution in [2.24, 2.45) is 0 Å². The van der Waals surface area contributed by atoms with Crippen molar-refractivity contribution in [1.82, 2.24) is 15.0 Å². The Morgan fingerprint density at radius 3 is 2.75 bits per heavy atom. The van der Waals surface area contributed by atoms with Crippen LogP contribution in [-0.4, -0.2) is 15.0 Å². The molecule has 0 spiro atoms. The summed E-state index contributed by atoms with van der Waals surface area (Å²) < 4.78 is 13.6. The standard InChI is InChI=1S/C18H13FN4S/c1-10-9-11(4-5-12(10)19)16-17(24-18(20)23-16)15-7-6-13-14(22-15)3-2-8-21-13/h2-9H,1H3,(H2,20,23). The lowest BCUT2D eigenvalue weighted by Gasteiger charge is -2.05. The second-order valence-electron chi connectivity index (χ2n) is 5.43. The van der Waals surface area contributed by atoms with Gasteiger partial charge in [-0.05, 0) is 55.0 Å². The van der Waals surface area contributed by atoms with Crippen molar-refractivity contribution < 1.29 is 4.39 Å². The Morgan fingerprint density at radius 2 is 1.92 bits per heavy atom. The molecular weight excluding hydrogens is 323 g/mol. The molecule has 6 heteroatoms. The van der Waals surface area contributed by atoms with Gasteiger partial charge in [0.15, 0.2) is 5.13 Å². The molecule has 4 rings (SSSR count). The number of rotatable bonds is 2. The molecule has 0 saturated carbocycles. The van der Waals surface area contributed by atoms with Crippen LogP contribution in [0.3, 0.4) is 0 Å². The van der Waals surface area contributed by atoms with Crippen LogP contribution in [-0.2, 0) is 0 Å². The average molecular weight is 336 g/mol. The summed E-state index contributed by atoms with van der Waals surface area (Å²) in [6.45, 7) is 1.73. The van der Waals surface area contributed by atoms with E-state index < -0.39 is 0 Å². The fraction of sp³-hybridized carbons (Fsp3) is 0.0556. The Bertz CT molecular complexity index is 1060. The Kier molecular flexibility index (Phi) is 3.46. The second-order valence-corrected chi connectivity index (χ2v) is 6.46. The first-order chi connectivity index (χ1) is 11.6. The van der Waals surface area contributed by atoms with Crippen molar-refractivity contribution in [1.29, 1.82) is 0 Å². The Morgan fingerprint density at radius 1 is 1.04 bits per heavy atom. The number of pyridine rings is 2. The zero-order chi connectivity index (χ0) is 16.7. The first-order valence-corrected chi connectivity index (χ1v) is 8.18. The largest absolute Gasteiger partial charge is 0.375 e. The van der Waals surface area contributed by atoms with Gasteiger partial charge < -0.3 is 5.73 Å². The lowest BCUT2D eigenvalue weighted by Crippen LogP contribution is -1.90. The fourth-order valence-corrected chi connectivity index (χ4v) is 3.41. The summed E-state index contributed by atoms with van der Waals surface area (Å²) in [5.74, 6) is -0.238. The van der Waals surface area contributed by atoms with Gasteiger partial charge in [0.25, 0.3) is 0 Å². The lowest BCUT2D eigenvalue weighted by molar-refractivity contribution is 0.619. The van der Waals surface area contributed by atoms with Gasteiger partial charge in [-0.15, -0.1) is 0 Å². The maximum Gasteiger partial charge on any atom is 0.181 e. The molecule has 0 unspecified atom stereocenters. The molecule has 0 aliphatic carbocycles. The first kappa shape index (κ1) is 14.7. The zero-order valence-corrected chi connectivity index (χ0v) is 13.6. The molecule has 0 aliphatic rings. The molecule has 3 aromatic heterocycles. The normalized spacial score (nSPS) is 11.1. The van der Waals surface area contributed by atoms with Crippen LogP contribution in [0.2, 0.25) is 0 Å². The third-order valence-corrected chi connectivity index (χ3v) is 4.67. The van der Waals surface area contributed by atoms with Gasteiger partial charge in [-0.1, -0.05) is 11.3 Å². The summed E-state index contributed by atoms with van der Waals surface area (Å²) >= 11 is 1.37. The van der Waals surface area contributed by atoms with E-state index in [0.717, 1.165) is 32.9 Å². The number of anilines is 1. The number of thiazole rings is 1. The summed E-state index contributed by atoms with van der Waals surface area (Å²) in [6, 6.07) is 12.5. The van der Waals surface area contributed by atoms with Crippen LogP contribution in [0, 0.1) is 12.7 Å². The van der Waals surface area contributed by atoms with Gasteiger partial charge in [0.1, 0.15) is 5.82 Å². The highest BCUT2D eigenvalue weighted by Crippen LogP contribution is 2.37. The first-order valence-electron chi connectivity index (χ1n) is 7.37. The minimum Gasteiger partial charge on any atom is -0.375 e. The van der Waals surface area contributed by atoms with Crippen LogP contribution in [0.15, 0.2) is 48.7 Å². The molecule has 0 saturated heterocycles. The van der Waals surface area contributed by atoms with Crippen molar-refractivity contribution in [2.75, 3.05) is 5.73 Å². The Hall–Kier alpha value is -2.86. The molecule has 4 aromatic rings. The molecule has 2 N–H and O–H groups in total. The number of nitrogens with zero attached hydrogens (tertiary/aromatic N) is 3. The molecule has 0 bridgehead atoms. The average Bonchev–Trinajstić information content (AvgIpc) is 2.99. The van der Waals surface area contributed by atoms with Crippen LogP contribution < -0.4 is 5.73 Å². The predicted molar refractivity (Wildman–Crippen MR) is 95.2 cm³/mol. The number of hydrogen-bond acceptors (Lipinski definition) is 5. The maximum atomic E-state index is 13.6. The summed E-state index contributed by atoms with van der Waals surface area (Å²) in [7, 11) is 0. The fourth-order valence-electron chi connectivity index (χ4n) is 2.58. The molecule has 0 amide bonds. The van der Waals surface area contributed by atoms with Crippen LogP contribution >= 0.6 is 11.3 Å². The van der Waals surface area contributed by atoms with Gasteiger partial charge in [-0.2, -0.15) is 0 Å². The van der Waals surface area contributed by atoms with Crippen molar-refractivity contribution in [3.63, 3.8) is 0 Å². The van der Waals surface area contributed by atoms with Gasteiger partial charge in [0.05, 0.1) is 27.3 Å². The van der Waals surface area contributed by atoms with E-state index in [9.17, 15) is 4.39 Å². The van der Waals surface area contributed by atoms with Crippen LogP contribution in [0.25, 0.3) is 32.9 Å². The summed E-state index contributed by atoms with van der Waals surface area (Å²) in [4.78, 5) is 14.2. The molecule has 0 aliphatic heterocycles. The zero-order valence-electron chi connectivity index (χ0n) is 12.8. The molecule has 24 heavy (non-hydrogen) atoms. The third-order valence-electron chi connectivity index (χ3n) is 3.76. The van der Waals surface area contributed by atoms with Crippen molar-refractivity contribution in [3.05, 3.63) is 60.0 Å². The van der Waals surface area contributed by atoms with Gasteiger partial charge in [0.2, 0.25) is 0 Å². The quantitative estimate of drug-likeness (QED) is 0.587. The van der Waals surface area contributed by atoms with Crippen molar-refractivity contribution in [2.45, 2.75) is 6.92 Å². The van der Waals surface area contributed by atoms with Gasteiger partial charge >= 0.3 is 0 Å². The third kappa shape index (κ3) is 2.51. The number of fused-ring (bicyclic) bond motifs is 1. The summed E-state index contributed by atoms with van der Waals surface area (Å²) in [5, 5.41) is 0.454. The molecule has 118 valence electrons. The number of hydrogen-bond donors (Lipinski definition) is 1. The van der Waals surface area contributed by atoms with Gasteiger partial charge in [0, 0.05) is 11.8 Å². The van der Waals surface area contributed by atoms with E-state index in [1.807, 2.05) is 24.3 Å². The molecule has 0 radical (unpaired) electrons. The van der Waals surface area contributed by atoms with E-state index >= 15 is 0 Å². The van der Waals surface area contributed by atoms with Crippen LogP contribution in [0.4, 0.5) is 9.52 Å². The molecule has 1 aromatic carbocycles. The minimum absolute atomic E-state index is 0.238. The SMILES string of the molecule is Cc1cc(-c2nc(N)sc2-c2ccc3ncccc3n2)ccc1F. The number of benzene rings is 1. The van der Waals surface area contributed by atoms with E-state index in [1.54, 1.807) is 25.3 Å². The van der Waals surface area contributed by atoms with Gasteiger partial charge in [-0.3, -0.25) is 4.98 Å². The molecule has 0 atom stereocenters. The number of aromatic nitrogens is 3. The predicted octanol–water partition coefficient (Wildman–Crippen LogP) is 4.45. The van der Waals surface area contributed by atoms with Crippen molar-refractivity contribution >= 4 is 27.5 Å². The van der Waals surface area contributed by atoms with Crippen molar-refractivity contribution in [3.8, 4) is 21.8 Å². The summed E-state index contributed by atoms with van der Waals surface area (Å²) in [5.41, 5.74) is 10.5.